The zero-order valence-electron chi connectivity index (χ0n) is 7.86. The maximum Gasteiger partial charge on any atom is 0.338 e. The molecule has 1 heterocycles. The van der Waals surface area contributed by atoms with Crippen molar-refractivity contribution in [2.75, 3.05) is 0 Å². The first kappa shape index (κ1) is 9.51. The van der Waals surface area contributed by atoms with Gasteiger partial charge in [0.05, 0.1) is 16.5 Å². The van der Waals surface area contributed by atoms with E-state index in [4.69, 9.17) is 5.11 Å². The molecule has 0 bridgehead atoms. The second-order valence-electron chi connectivity index (χ2n) is 3.25. The Morgan fingerprint density at radius 1 is 1.47 bits per heavy atom. The number of carboxylic acid groups (broad SMARTS) is 1. The molecule has 1 aromatic heterocycles. The topological polar surface area (TPSA) is 62.5 Å². The SMILES string of the molecule is Cn1cc(C(=O)O)c2c(O)ccc(F)c21. The van der Waals surface area contributed by atoms with Crippen molar-refractivity contribution < 1.29 is 19.4 Å². The van der Waals surface area contributed by atoms with Crippen molar-refractivity contribution in [3.8, 4) is 5.75 Å². The number of phenols is 1. The highest BCUT2D eigenvalue weighted by molar-refractivity contribution is 6.06. The Hall–Kier alpha value is -2.04. The average molecular weight is 209 g/mol. The van der Waals surface area contributed by atoms with E-state index in [0.29, 0.717) is 0 Å². The monoisotopic (exact) mass is 209 g/mol. The van der Waals surface area contributed by atoms with Crippen molar-refractivity contribution in [1.29, 1.82) is 0 Å². The molecule has 0 radical (unpaired) electrons. The summed E-state index contributed by atoms with van der Waals surface area (Å²) in [7, 11) is 1.53. The lowest BCUT2D eigenvalue weighted by Crippen LogP contribution is -1.94. The highest BCUT2D eigenvalue weighted by atomic mass is 19.1. The van der Waals surface area contributed by atoms with Crippen LogP contribution in [0.5, 0.6) is 5.75 Å². The fraction of sp³-hybridized carbons (Fsp3) is 0.100. The molecule has 5 heteroatoms. The number of aryl methyl sites for hydroxylation is 1. The van der Waals surface area contributed by atoms with E-state index in [9.17, 15) is 14.3 Å². The minimum absolute atomic E-state index is 0.0324. The van der Waals surface area contributed by atoms with Crippen LogP contribution in [0.2, 0.25) is 0 Å². The quantitative estimate of drug-likeness (QED) is 0.751. The van der Waals surface area contributed by atoms with Crippen molar-refractivity contribution in [2.24, 2.45) is 7.05 Å². The van der Waals surface area contributed by atoms with E-state index < -0.39 is 11.8 Å². The Balaban J connectivity index is 2.98. The molecule has 2 rings (SSSR count). The standard InChI is InChI=1S/C10H8FNO3/c1-12-4-5(10(14)15)8-7(13)3-2-6(11)9(8)12/h2-4,13H,1H3,(H,14,15). The van der Waals surface area contributed by atoms with Crippen LogP contribution in [0.4, 0.5) is 4.39 Å². The summed E-state index contributed by atoms with van der Waals surface area (Å²) < 4.78 is 14.7. The molecule has 0 saturated carbocycles. The molecule has 0 unspecified atom stereocenters. The van der Waals surface area contributed by atoms with E-state index in [-0.39, 0.29) is 22.2 Å². The molecule has 78 valence electrons. The van der Waals surface area contributed by atoms with Gasteiger partial charge in [-0.2, -0.15) is 0 Å². The zero-order chi connectivity index (χ0) is 11.2. The molecule has 15 heavy (non-hydrogen) atoms. The van der Waals surface area contributed by atoms with Crippen LogP contribution in [0, 0.1) is 5.82 Å². The van der Waals surface area contributed by atoms with Gasteiger partial charge in [0.25, 0.3) is 0 Å². The maximum atomic E-state index is 13.4. The molecule has 0 aliphatic heterocycles. The van der Waals surface area contributed by atoms with E-state index in [1.165, 1.54) is 17.8 Å². The minimum atomic E-state index is -1.19. The number of fused-ring (bicyclic) bond motifs is 1. The molecular formula is C10H8FNO3. The second kappa shape index (κ2) is 2.98. The van der Waals surface area contributed by atoms with Gasteiger partial charge in [0.2, 0.25) is 0 Å². The third kappa shape index (κ3) is 1.24. The molecule has 0 amide bonds. The van der Waals surface area contributed by atoms with Crippen LogP contribution in [0.3, 0.4) is 0 Å². The lowest BCUT2D eigenvalue weighted by atomic mass is 10.1. The molecule has 1 aromatic carbocycles. The predicted molar refractivity (Wildman–Crippen MR) is 51.5 cm³/mol. The van der Waals surface area contributed by atoms with Crippen LogP contribution in [0.25, 0.3) is 10.9 Å². The maximum absolute atomic E-state index is 13.4. The Morgan fingerprint density at radius 3 is 2.73 bits per heavy atom. The summed E-state index contributed by atoms with van der Waals surface area (Å²) in [6.45, 7) is 0. The largest absolute Gasteiger partial charge is 0.507 e. The summed E-state index contributed by atoms with van der Waals surface area (Å²) in [6, 6.07) is 2.24. The highest BCUT2D eigenvalue weighted by Gasteiger charge is 2.18. The van der Waals surface area contributed by atoms with Crippen molar-refractivity contribution in [3.05, 3.63) is 29.7 Å². The van der Waals surface area contributed by atoms with Gasteiger partial charge in [0.1, 0.15) is 11.6 Å². The molecule has 0 atom stereocenters. The number of aromatic hydroxyl groups is 1. The first-order chi connectivity index (χ1) is 7.02. The molecule has 0 saturated heterocycles. The third-order valence-electron chi connectivity index (χ3n) is 2.28. The summed E-state index contributed by atoms with van der Waals surface area (Å²) in [4.78, 5) is 10.8. The van der Waals surface area contributed by atoms with E-state index in [1.807, 2.05) is 0 Å². The Kier molecular flexibility index (Phi) is 1.89. The number of carboxylic acids is 1. The van der Waals surface area contributed by atoms with Gasteiger partial charge in [-0.3, -0.25) is 0 Å². The summed E-state index contributed by atoms with van der Waals surface area (Å²) in [5, 5.41) is 18.4. The predicted octanol–water partition coefficient (Wildman–Crippen LogP) is 1.72. The second-order valence-corrected chi connectivity index (χ2v) is 3.25. The van der Waals surface area contributed by atoms with Gasteiger partial charge >= 0.3 is 5.97 Å². The number of benzene rings is 1. The summed E-state index contributed by atoms with van der Waals surface area (Å²) in [6.07, 6.45) is 1.27. The third-order valence-corrected chi connectivity index (χ3v) is 2.28. The summed E-state index contributed by atoms with van der Waals surface area (Å²) in [5.74, 6) is -1.98. The normalized spacial score (nSPS) is 10.8. The Labute approximate surface area is 84.2 Å². The van der Waals surface area contributed by atoms with Crippen LogP contribution >= 0.6 is 0 Å². The molecule has 0 aliphatic rings. The number of aromatic nitrogens is 1. The van der Waals surface area contributed by atoms with E-state index in [1.54, 1.807) is 0 Å². The fourth-order valence-corrected chi connectivity index (χ4v) is 1.65. The molecule has 0 aliphatic carbocycles. The lowest BCUT2D eigenvalue weighted by Gasteiger charge is -1.99. The smallest absolute Gasteiger partial charge is 0.338 e. The van der Waals surface area contributed by atoms with Crippen molar-refractivity contribution in [1.82, 2.24) is 4.57 Å². The van der Waals surface area contributed by atoms with Gasteiger partial charge in [-0.05, 0) is 12.1 Å². The number of hydrogen-bond acceptors (Lipinski definition) is 2. The fourth-order valence-electron chi connectivity index (χ4n) is 1.65. The van der Waals surface area contributed by atoms with E-state index in [2.05, 4.69) is 0 Å². The zero-order valence-corrected chi connectivity index (χ0v) is 7.86. The summed E-state index contributed by atoms with van der Waals surface area (Å²) >= 11 is 0. The number of aromatic carboxylic acids is 1. The van der Waals surface area contributed by atoms with Crippen LogP contribution in [0.1, 0.15) is 10.4 Å². The van der Waals surface area contributed by atoms with Crippen molar-refractivity contribution in [3.63, 3.8) is 0 Å². The number of carbonyl (C=O) groups is 1. The molecule has 0 spiro atoms. The minimum Gasteiger partial charge on any atom is -0.507 e. The Morgan fingerprint density at radius 2 is 2.13 bits per heavy atom. The van der Waals surface area contributed by atoms with Crippen molar-refractivity contribution >= 4 is 16.9 Å². The lowest BCUT2D eigenvalue weighted by molar-refractivity contribution is 0.0698. The van der Waals surface area contributed by atoms with Gasteiger partial charge in [0, 0.05) is 13.2 Å². The van der Waals surface area contributed by atoms with Crippen molar-refractivity contribution in [2.45, 2.75) is 0 Å². The van der Waals surface area contributed by atoms with Gasteiger partial charge in [0.15, 0.2) is 0 Å². The molecule has 0 fully saturated rings. The van der Waals surface area contributed by atoms with Crippen LogP contribution in [-0.2, 0) is 7.05 Å². The van der Waals surface area contributed by atoms with Gasteiger partial charge in [-0.15, -0.1) is 0 Å². The number of hydrogen-bond donors (Lipinski definition) is 2. The Bertz CT molecular complexity index is 559. The molecular weight excluding hydrogens is 201 g/mol. The van der Waals surface area contributed by atoms with Crippen LogP contribution in [-0.4, -0.2) is 20.7 Å². The molecule has 2 N–H and O–H groups in total. The molecule has 4 nitrogen and oxygen atoms in total. The first-order valence-corrected chi connectivity index (χ1v) is 4.22. The number of halogens is 1. The highest BCUT2D eigenvalue weighted by Crippen LogP contribution is 2.31. The van der Waals surface area contributed by atoms with Gasteiger partial charge in [-0.25, -0.2) is 9.18 Å². The van der Waals surface area contributed by atoms with Gasteiger partial charge in [-0.1, -0.05) is 0 Å². The van der Waals surface area contributed by atoms with Crippen LogP contribution < -0.4 is 0 Å². The average Bonchev–Trinajstić information content (AvgIpc) is 2.51. The van der Waals surface area contributed by atoms with E-state index >= 15 is 0 Å². The number of rotatable bonds is 1. The van der Waals surface area contributed by atoms with Gasteiger partial charge < -0.3 is 14.8 Å². The number of phenolic OH excluding ortho intramolecular Hbond substituents is 1. The summed E-state index contributed by atoms with van der Waals surface area (Å²) in [5.41, 5.74) is -0.0168. The van der Waals surface area contributed by atoms with E-state index in [0.717, 1.165) is 12.1 Å². The molecule has 2 aromatic rings. The van der Waals surface area contributed by atoms with Crippen LogP contribution in [0.15, 0.2) is 18.3 Å². The number of nitrogens with zero attached hydrogens (tertiary/aromatic N) is 1. The first-order valence-electron chi connectivity index (χ1n) is 4.22.